The molecular formula is C11H20BrNO2S. The van der Waals surface area contributed by atoms with Gasteiger partial charge in [-0.25, -0.2) is 8.42 Å². The molecule has 94 valence electrons. The van der Waals surface area contributed by atoms with Crippen LogP contribution in [0.1, 0.15) is 44.9 Å². The maximum atomic E-state index is 11.9. The van der Waals surface area contributed by atoms with Crippen LogP contribution in [0.25, 0.3) is 0 Å². The first-order valence-electron chi connectivity index (χ1n) is 6.20. The van der Waals surface area contributed by atoms with Gasteiger partial charge in [-0.05, 0) is 31.6 Å². The van der Waals surface area contributed by atoms with Gasteiger partial charge in [0, 0.05) is 12.6 Å². The van der Waals surface area contributed by atoms with Gasteiger partial charge >= 0.3 is 0 Å². The monoisotopic (exact) mass is 309 g/mol. The van der Waals surface area contributed by atoms with E-state index in [1.807, 2.05) is 0 Å². The van der Waals surface area contributed by atoms with Crippen LogP contribution in [0.4, 0.5) is 0 Å². The fraction of sp³-hybridized carbons (Fsp3) is 1.00. The standard InChI is InChI=1S/C11H20BrNO2S/c12-9-16(14,15)13-8-4-7-11(13)10-5-2-1-3-6-10/h10-11H,1-9H2. The van der Waals surface area contributed by atoms with Crippen LogP contribution >= 0.6 is 15.9 Å². The summed E-state index contributed by atoms with van der Waals surface area (Å²) >= 11 is 3.10. The summed E-state index contributed by atoms with van der Waals surface area (Å²) in [7, 11) is -3.05. The van der Waals surface area contributed by atoms with Crippen molar-refractivity contribution in [3.8, 4) is 0 Å². The maximum absolute atomic E-state index is 11.9. The van der Waals surface area contributed by atoms with Gasteiger partial charge in [-0.3, -0.25) is 0 Å². The zero-order chi connectivity index (χ0) is 11.6. The van der Waals surface area contributed by atoms with E-state index in [9.17, 15) is 8.42 Å². The fourth-order valence-electron chi connectivity index (χ4n) is 3.16. The van der Waals surface area contributed by atoms with Gasteiger partial charge in [-0.15, -0.1) is 0 Å². The summed E-state index contributed by atoms with van der Waals surface area (Å²) in [5.74, 6) is 0.616. The Morgan fingerprint density at radius 1 is 1.06 bits per heavy atom. The quantitative estimate of drug-likeness (QED) is 0.752. The number of alkyl halides is 1. The molecule has 5 heteroatoms. The minimum Gasteiger partial charge on any atom is -0.211 e. The highest BCUT2D eigenvalue weighted by Gasteiger charge is 2.38. The highest BCUT2D eigenvalue weighted by Crippen LogP contribution is 2.35. The molecule has 0 amide bonds. The maximum Gasteiger partial charge on any atom is 0.224 e. The summed E-state index contributed by atoms with van der Waals surface area (Å²) in [4.78, 5) is 0. The first-order chi connectivity index (χ1) is 7.65. The molecule has 0 radical (unpaired) electrons. The lowest BCUT2D eigenvalue weighted by molar-refractivity contribution is 0.227. The molecular weight excluding hydrogens is 290 g/mol. The van der Waals surface area contributed by atoms with Gasteiger partial charge in [0.15, 0.2) is 0 Å². The van der Waals surface area contributed by atoms with Gasteiger partial charge in [0.2, 0.25) is 10.0 Å². The first kappa shape index (κ1) is 12.8. The second kappa shape index (κ2) is 5.36. The van der Waals surface area contributed by atoms with Crippen LogP contribution in [0.2, 0.25) is 0 Å². The van der Waals surface area contributed by atoms with Crippen molar-refractivity contribution in [2.75, 3.05) is 11.2 Å². The minimum absolute atomic E-state index is 0.0726. The third-order valence-corrected chi connectivity index (χ3v) is 7.12. The Morgan fingerprint density at radius 2 is 1.75 bits per heavy atom. The molecule has 1 saturated heterocycles. The van der Waals surface area contributed by atoms with Crippen molar-refractivity contribution in [1.82, 2.24) is 4.31 Å². The number of hydrogen-bond donors (Lipinski definition) is 0. The van der Waals surface area contributed by atoms with Crippen molar-refractivity contribution < 1.29 is 8.42 Å². The summed E-state index contributed by atoms with van der Waals surface area (Å²) in [5, 5.41) is 0. The predicted octanol–water partition coefficient (Wildman–Crippen LogP) is 2.71. The lowest BCUT2D eigenvalue weighted by Crippen LogP contribution is -2.41. The van der Waals surface area contributed by atoms with Crippen molar-refractivity contribution in [1.29, 1.82) is 0 Å². The van der Waals surface area contributed by atoms with Crippen LogP contribution in [0, 0.1) is 5.92 Å². The molecule has 0 N–H and O–H groups in total. The zero-order valence-corrected chi connectivity index (χ0v) is 12.0. The Morgan fingerprint density at radius 3 is 2.38 bits per heavy atom. The molecule has 3 nitrogen and oxygen atoms in total. The fourth-order valence-corrected chi connectivity index (χ4v) is 5.18. The van der Waals surface area contributed by atoms with Crippen LogP contribution in [-0.2, 0) is 10.0 Å². The molecule has 1 aliphatic heterocycles. The number of nitrogens with zero attached hydrogens (tertiary/aromatic N) is 1. The van der Waals surface area contributed by atoms with Gasteiger partial charge in [-0.2, -0.15) is 4.31 Å². The second-order valence-electron chi connectivity index (χ2n) is 4.94. The second-order valence-corrected chi connectivity index (χ2v) is 8.16. The molecule has 0 bridgehead atoms. The highest BCUT2D eigenvalue weighted by atomic mass is 79.9. The average Bonchev–Trinajstić information content (AvgIpc) is 2.80. The summed E-state index contributed by atoms with van der Waals surface area (Å²) in [6, 6.07) is 0.294. The number of halogens is 1. The molecule has 0 aromatic heterocycles. The summed E-state index contributed by atoms with van der Waals surface area (Å²) < 4.78 is 25.7. The van der Waals surface area contributed by atoms with Crippen LogP contribution < -0.4 is 0 Å². The van der Waals surface area contributed by atoms with E-state index in [1.165, 1.54) is 32.1 Å². The predicted molar refractivity (Wildman–Crippen MR) is 69.0 cm³/mol. The van der Waals surface area contributed by atoms with Crippen molar-refractivity contribution in [2.45, 2.75) is 51.0 Å². The van der Waals surface area contributed by atoms with E-state index in [1.54, 1.807) is 4.31 Å². The Hall–Kier alpha value is 0.390. The van der Waals surface area contributed by atoms with Crippen LogP contribution in [-0.4, -0.2) is 30.0 Å². The molecule has 1 heterocycles. The molecule has 16 heavy (non-hydrogen) atoms. The lowest BCUT2D eigenvalue weighted by Gasteiger charge is -2.33. The van der Waals surface area contributed by atoms with E-state index < -0.39 is 10.0 Å². The first-order valence-corrected chi connectivity index (χ1v) is 8.93. The third kappa shape index (κ3) is 2.62. The van der Waals surface area contributed by atoms with E-state index in [2.05, 4.69) is 15.9 Å². The van der Waals surface area contributed by atoms with Gasteiger partial charge in [0.1, 0.15) is 4.66 Å². The lowest BCUT2D eigenvalue weighted by atomic mass is 9.83. The molecule has 1 aliphatic carbocycles. The van der Waals surface area contributed by atoms with E-state index in [4.69, 9.17) is 0 Å². The SMILES string of the molecule is O=S(=O)(CBr)N1CCCC1C1CCCCC1. The minimum atomic E-state index is -3.05. The number of rotatable bonds is 3. The van der Waals surface area contributed by atoms with Crippen molar-refractivity contribution >= 4 is 26.0 Å². The molecule has 0 aromatic carbocycles. The summed E-state index contributed by atoms with van der Waals surface area (Å²) in [6.07, 6.45) is 8.43. The Kier molecular flexibility index (Phi) is 4.30. The van der Waals surface area contributed by atoms with Gasteiger partial charge in [-0.1, -0.05) is 35.2 Å². The number of sulfonamides is 1. The van der Waals surface area contributed by atoms with Crippen LogP contribution in [0.5, 0.6) is 0 Å². The van der Waals surface area contributed by atoms with E-state index in [-0.39, 0.29) is 4.66 Å². The van der Waals surface area contributed by atoms with Gasteiger partial charge in [0.25, 0.3) is 0 Å². The smallest absolute Gasteiger partial charge is 0.211 e. The Bertz CT molecular complexity index is 325. The average molecular weight is 310 g/mol. The van der Waals surface area contributed by atoms with Gasteiger partial charge < -0.3 is 0 Å². The largest absolute Gasteiger partial charge is 0.224 e. The highest BCUT2D eigenvalue weighted by molar-refractivity contribution is 9.10. The van der Waals surface area contributed by atoms with E-state index >= 15 is 0 Å². The van der Waals surface area contributed by atoms with Crippen molar-refractivity contribution in [2.24, 2.45) is 5.92 Å². The van der Waals surface area contributed by atoms with Crippen molar-refractivity contribution in [3.63, 3.8) is 0 Å². The Labute approximate surface area is 107 Å². The molecule has 1 saturated carbocycles. The normalized spacial score (nSPS) is 29.7. The molecule has 0 aromatic rings. The molecule has 2 aliphatic rings. The molecule has 1 unspecified atom stereocenters. The van der Waals surface area contributed by atoms with Gasteiger partial charge in [0.05, 0.1) is 0 Å². The molecule has 2 fully saturated rings. The molecule has 1 atom stereocenters. The topological polar surface area (TPSA) is 37.4 Å². The van der Waals surface area contributed by atoms with Crippen LogP contribution in [0.15, 0.2) is 0 Å². The van der Waals surface area contributed by atoms with Crippen molar-refractivity contribution in [3.05, 3.63) is 0 Å². The van der Waals surface area contributed by atoms with E-state index in [0.29, 0.717) is 12.0 Å². The number of hydrogen-bond acceptors (Lipinski definition) is 2. The Balaban J connectivity index is 2.08. The zero-order valence-electron chi connectivity index (χ0n) is 9.57. The van der Waals surface area contributed by atoms with Crippen LogP contribution in [0.3, 0.4) is 0 Å². The third-order valence-electron chi connectivity index (χ3n) is 3.94. The molecule has 0 spiro atoms. The molecule has 2 rings (SSSR count). The summed E-state index contributed by atoms with van der Waals surface area (Å²) in [6.45, 7) is 0.731. The van der Waals surface area contributed by atoms with E-state index in [0.717, 1.165) is 19.4 Å². The summed E-state index contributed by atoms with van der Waals surface area (Å²) in [5.41, 5.74) is 0.